The fourth-order valence-electron chi connectivity index (χ4n) is 8.30. The van der Waals surface area contributed by atoms with E-state index in [1.807, 2.05) is 16.5 Å². The minimum atomic E-state index is -1.03. The molecule has 2 fully saturated rings. The molecule has 0 bridgehead atoms. The monoisotopic (exact) mass is 932 g/mol. The smallest absolute Gasteiger partial charge is 0.264 e. The van der Waals surface area contributed by atoms with E-state index in [0.717, 1.165) is 16.9 Å². The SMILES string of the molecule is Nc1nccn2c([C@@H]3CCCN3C(=O)COCCOCCOCCOCCOCCNc3cccc4c3C(=O)N(C3CCC(=O)NC3=O)C4=O)nc(-c3ccc(C(=O)Nc4ccccn4)cc3)c12. The van der Waals surface area contributed by atoms with Crippen LogP contribution >= 0.6 is 0 Å². The number of hydrogen-bond donors (Lipinski definition) is 4. The van der Waals surface area contributed by atoms with Gasteiger partial charge >= 0.3 is 0 Å². The fourth-order valence-corrected chi connectivity index (χ4v) is 8.30. The standard InChI is InChI=1S/C47H52N10O11/c48-42-41-40(30-9-11-31(12-10-30)44(60)52-36-8-1-2-15-50-36)54-43(56(41)19-16-51-42)34-7-4-18-55(34)38(59)29-68-28-27-67-26-25-66-24-23-65-22-21-64-20-17-49-33-6-3-5-32-39(33)47(63)57(46(32)62)35-13-14-37(58)53-45(35)61/h1-3,5-6,8-12,15-16,19,34-35,49H,4,7,13-14,17-18,20-29H2,(H2,48,51)(H,50,52,60)(H,53,58,61)/t34-,35?/m0/s1. The molecule has 68 heavy (non-hydrogen) atoms. The number of carbonyl (C=O) groups is 6. The molecule has 3 aliphatic heterocycles. The van der Waals surface area contributed by atoms with Crippen LogP contribution in [-0.4, -0.2) is 150 Å². The van der Waals surface area contributed by atoms with Gasteiger partial charge in [0.1, 0.15) is 41.3 Å². The number of likely N-dealkylation sites (tertiary alicyclic amines) is 1. The topological polar surface area (TPSA) is 260 Å². The van der Waals surface area contributed by atoms with Gasteiger partial charge in [0.25, 0.3) is 17.7 Å². The Morgan fingerprint density at radius 2 is 1.49 bits per heavy atom. The van der Waals surface area contributed by atoms with Gasteiger partial charge in [-0.15, -0.1) is 0 Å². The van der Waals surface area contributed by atoms with Gasteiger partial charge in [-0.3, -0.25) is 43.4 Å². The maximum Gasteiger partial charge on any atom is 0.264 e. The van der Waals surface area contributed by atoms with Crippen molar-refractivity contribution >= 4 is 58.3 Å². The van der Waals surface area contributed by atoms with Gasteiger partial charge in [0.05, 0.1) is 76.6 Å². The number of nitrogens with zero attached hydrogens (tertiary/aromatic N) is 6. The number of ether oxygens (including phenoxy) is 5. The van der Waals surface area contributed by atoms with E-state index in [0.29, 0.717) is 106 Å². The first-order valence-corrected chi connectivity index (χ1v) is 22.4. The van der Waals surface area contributed by atoms with Gasteiger partial charge in [-0.05, 0) is 55.7 Å². The number of aromatic nitrogens is 4. The van der Waals surface area contributed by atoms with Crippen molar-refractivity contribution in [1.29, 1.82) is 0 Å². The van der Waals surface area contributed by atoms with Crippen LogP contribution < -0.4 is 21.7 Å². The van der Waals surface area contributed by atoms with E-state index in [2.05, 4.69) is 25.9 Å². The summed E-state index contributed by atoms with van der Waals surface area (Å²) in [6.07, 6.45) is 6.64. The average Bonchev–Trinajstić information content (AvgIpc) is 4.06. The summed E-state index contributed by atoms with van der Waals surface area (Å²) in [5.74, 6) is -1.27. The molecule has 0 saturated carbocycles. The van der Waals surface area contributed by atoms with Gasteiger partial charge in [-0.25, -0.2) is 15.0 Å². The molecule has 5 N–H and O–H groups in total. The Morgan fingerprint density at radius 3 is 2.19 bits per heavy atom. The van der Waals surface area contributed by atoms with E-state index in [1.54, 1.807) is 72.0 Å². The Labute approximate surface area is 390 Å². The van der Waals surface area contributed by atoms with Crippen LogP contribution in [0, 0.1) is 0 Å². The summed E-state index contributed by atoms with van der Waals surface area (Å²) in [6.45, 7) is 3.74. The Balaban J connectivity index is 0.678. The molecular formula is C47H52N10O11. The normalized spacial score (nSPS) is 16.9. The van der Waals surface area contributed by atoms with Crippen molar-refractivity contribution in [2.45, 2.75) is 37.8 Å². The predicted molar refractivity (Wildman–Crippen MR) is 244 cm³/mol. The number of nitrogens with two attached hydrogens (primary N) is 1. The number of rotatable bonds is 23. The zero-order valence-electron chi connectivity index (χ0n) is 37.2. The number of piperidine rings is 1. The van der Waals surface area contributed by atoms with Crippen molar-refractivity contribution in [1.82, 2.24) is 34.5 Å². The van der Waals surface area contributed by atoms with E-state index in [-0.39, 0.29) is 61.6 Å². The van der Waals surface area contributed by atoms with Gasteiger partial charge < -0.3 is 45.0 Å². The molecule has 5 aromatic rings. The van der Waals surface area contributed by atoms with Crippen LogP contribution in [0.1, 0.15) is 68.6 Å². The summed E-state index contributed by atoms with van der Waals surface area (Å²) < 4.78 is 30.0. The third-order valence-electron chi connectivity index (χ3n) is 11.6. The zero-order valence-corrected chi connectivity index (χ0v) is 37.2. The number of benzene rings is 2. The van der Waals surface area contributed by atoms with Crippen LogP contribution in [0.2, 0.25) is 0 Å². The Kier molecular flexibility index (Phi) is 15.7. The molecule has 0 aliphatic carbocycles. The lowest BCUT2D eigenvalue weighted by Gasteiger charge is -2.27. The number of imidazole rings is 1. The molecule has 356 valence electrons. The van der Waals surface area contributed by atoms with Crippen molar-refractivity contribution < 1.29 is 52.5 Å². The summed E-state index contributed by atoms with van der Waals surface area (Å²) in [5.41, 5.74) is 9.64. The van der Waals surface area contributed by atoms with Crippen molar-refractivity contribution in [3.05, 3.63) is 102 Å². The number of nitrogens with one attached hydrogen (secondary N) is 3. The van der Waals surface area contributed by atoms with E-state index in [1.165, 1.54) is 0 Å². The van der Waals surface area contributed by atoms with Crippen molar-refractivity contribution in [3.8, 4) is 11.3 Å². The molecule has 3 aliphatic rings. The second-order valence-corrected chi connectivity index (χ2v) is 15.9. The molecular weight excluding hydrogens is 881 g/mol. The number of amides is 6. The fraction of sp³-hybridized carbons (Fsp3) is 0.383. The molecule has 6 amide bonds. The molecule has 21 nitrogen and oxygen atoms in total. The maximum absolute atomic E-state index is 13.4. The first kappa shape index (κ1) is 47.3. The molecule has 0 radical (unpaired) electrons. The van der Waals surface area contributed by atoms with Gasteiger partial charge in [0.15, 0.2) is 0 Å². The summed E-state index contributed by atoms with van der Waals surface area (Å²) in [7, 11) is 0. The molecule has 2 saturated heterocycles. The van der Waals surface area contributed by atoms with Crippen LogP contribution in [-0.2, 0) is 38.1 Å². The van der Waals surface area contributed by atoms with Gasteiger partial charge in [-0.2, -0.15) is 0 Å². The van der Waals surface area contributed by atoms with Gasteiger partial charge in [0, 0.05) is 54.9 Å². The second-order valence-electron chi connectivity index (χ2n) is 15.9. The van der Waals surface area contributed by atoms with Crippen LogP contribution in [0.15, 0.2) is 79.3 Å². The van der Waals surface area contributed by atoms with Crippen molar-refractivity contribution in [3.63, 3.8) is 0 Å². The maximum atomic E-state index is 13.4. The first-order chi connectivity index (χ1) is 33.2. The molecule has 3 aromatic heterocycles. The van der Waals surface area contributed by atoms with Crippen LogP contribution in [0.4, 0.5) is 17.3 Å². The highest BCUT2D eigenvalue weighted by Crippen LogP contribution is 2.37. The molecule has 21 heteroatoms. The third-order valence-corrected chi connectivity index (χ3v) is 11.6. The lowest BCUT2D eigenvalue weighted by molar-refractivity contribution is -0.138. The lowest BCUT2D eigenvalue weighted by Crippen LogP contribution is -2.54. The molecule has 2 aromatic carbocycles. The van der Waals surface area contributed by atoms with Gasteiger partial charge in [-0.1, -0.05) is 24.3 Å². The largest absolute Gasteiger partial charge is 0.382 e. The lowest BCUT2D eigenvalue weighted by atomic mass is 10.0. The Bertz CT molecular complexity index is 2630. The average molecular weight is 933 g/mol. The van der Waals surface area contributed by atoms with E-state index < -0.39 is 29.7 Å². The van der Waals surface area contributed by atoms with Crippen molar-refractivity contribution in [2.24, 2.45) is 0 Å². The van der Waals surface area contributed by atoms with E-state index >= 15 is 0 Å². The molecule has 2 atom stereocenters. The highest BCUT2D eigenvalue weighted by atomic mass is 16.6. The molecule has 1 unspecified atom stereocenters. The van der Waals surface area contributed by atoms with E-state index in [4.69, 9.17) is 34.4 Å². The summed E-state index contributed by atoms with van der Waals surface area (Å²) in [5, 5.41) is 8.11. The number of anilines is 3. The van der Waals surface area contributed by atoms with Crippen molar-refractivity contribution in [2.75, 3.05) is 95.5 Å². The highest BCUT2D eigenvalue weighted by molar-refractivity contribution is 6.25. The Morgan fingerprint density at radius 1 is 0.765 bits per heavy atom. The number of imide groups is 2. The van der Waals surface area contributed by atoms with Crippen LogP contribution in [0.5, 0.6) is 0 Å². The number of pyridine rings is 1. The molecule has 0 spiro atoms. The first-order valence-electron chi connectivity index (χ1n) is 22.4. The van der Waals surface area contributed by atoms with E-state index in [9.17, 15) is 28.8 Å². The summed E-state index contributed by atoms with van der Waals surface area (Å²) in [6, 6.07) is 15.9. The number of nitrogen functional groups attached to an aromatic ring is 1. The second kappa shape index (κ2) is 22.5. The predicted octanol–water partition coefficient (Wildman–Crippen LogP) is 2.89. The minimum absolute atomic E-state index is 0.0507. The molecule has 6 heterocycles. The summed E-state index contributed by atoms with van der Waals surface area (Å²) in [4.78, 5) is 92.6. The van der Waals surface area contributed by atoms with Crippen LogP contribution in [0.25, 0.3) is 16.8 Å². The zero-order chi connectivity index (χ0) is 47.4. The van der Waals surface area contributed by atoms with Gasteiger partial charge in [0.2, 0.25) is 17.7 Å². The highest BCUT2D eigenvalue weighted by Gasteiger charge is 2.45. The minimum Gasteiger partial charge on any atom is -0.382 e. The molecule has 8 rings (SSSR count). The number of fused-ring (bicyclic) bond motifs is 2. The van der Waals surface area contributed by atoms with Crippen LogP contribution in [0.3, 0.4) is 0 Å². The third kappa shape index (κ3) is 11.0. The number of carbonyl (C=O) groups excluding carboxylic acids is 6. The number of hydrogen-bond acceptors (Lipinski definition) is 16. The summed E-state index contributed by atoms with van der Waals surface area (Å²) >= 11 is 0. The Hall–Kier alpha value is -7.17. The quantitative estimate of drug-likeness (QED) is 0.0542.